The van der Waals surface area contributed by atoms with Gasteiger partial charge in [0.05, 0.1) is 14.2 Å². The zero-order chi connectivity index (χ0) is 30.9. The standard InChI is InChI=1S/C19H23ClN2.C17H16O4.ClH/c1-21(2)12-5-13-22-18-7-4-3-6-15(18)8-9-16-10-11-17(20)14-19(16)22;1-4-13(11-5-7-12(20-2)8-6-11)14-9-16(19)17(21-3)10-15(14)18;/h3-4,6-7,10-11,14H,5,8-9,12-13H2,1-2H3;4-10,13H,1H2,2-3H3;1H. The largest absolute Gasteiger partial charge is 0.497 e. The van der Waals surface area contributed by atoms with Crippen LogP contribution in [-0.2, 0) is 27.2 Å². The summed E-state index contributed by atoms with van der Waals surface area (Å²) < 4.78 is 9.98. The highest BCUT2D eigenvalue weighted by atomic mass is 35.5. The molecule has 3 aromatic carbocycles. The van der Waals surface area contributed by atoms with Gasteiger partial charge in [-0.05, 0) is 93.0 Å². The van der Waals surface area contributed by atoms with E-state index in [-0.39, 0.29) is 35.7 Å². The van der Waals surface area contributed by atoms with E-state index in [1.165, 1.54) is 41.8 Å². The summed E-state index contributed by atoms with van der Waals surface area (Å²) in [5.74, 6) is -0.119. The van der Waals surface area contributed by atoms with Gasteiger partial charge in [-0.25, -0.2) is 0 Å². The Morgan fingerprint density at radius 1 is 0.909 bits per heavy atom. The number of carbonyl (C=O) groups is 2. The van der Waals surface area contributed by atoms with Gasteiger partial charge in [0, 0.05) is 40.5 Å². The zero-order valence-corrected chi connectivity index (χ0v) is 27.3. The van der Waals surface area contributed by atoms with Crippen LogP contribution in [-0.4, -0.2) is 57.9 Å². The number of rotatable bonds is 9. The lowest BCUT2D eigenvalue weighted by Gasteiger charge is -2.27. The number of allylic oxidation sites excluding steroid dienone is 4. The summed E-state index contributed by atoms with van der Waals surface area (Å²) in [6.45, 7) is 5.87. The van der Waals surface area contributed by atoms with Crippen molar-refractivity contribution in [3.05, 3.63) is 125 Å². The first-order valence-electron chi connectivity index (χ1n) is 14.4. The molecule has 0 saturated carbocycles. The summed E-state index contributed by atoms with van der Waals surface area (Å²) in [6, 6.07) is 22.4. The fraction of sp³-hybridized carbons (Fsp3) is 0.278. The van der Waals surface area contributed by atoms with Crippen molar-refractivity contribution in [1.29, 1.82) is 0 Å². The topological polar surface area (TPSA) is 59.1 Å². The number of hydrogen-bond donors (Lipinski definition) is 0. The van der Waals surface area contributed by atoms with E-state index < -0.39 is 0 Å². The van der Waals surface area contributed by atoms with Crippen LogP contribution in [0.5, 0.6) is 5.75 Å². The molecule has 1 atom stereocenters. The lowest BCUT2D eigenvalue weighted by atomic mass is 9.85. The van der Waals surface area contributed by atoms with Crippen LogP contribution >= 0.6 is 24.0 Å². The Morgan fingerprint density at radius 2 is 1.59 bits per heavy atom. The first-order valence-corrected chi connectivity index (χ1v) is 14.7. The second-order valence-electron chi connectivity index (χ2n) is 10.7. The number of hydrogen-bond acceptors (Lipinski definition) is 6. The van der Waals surface area contributed by atoms with E-state index in [1.54, 1.807) is 25.3 Å². The van der Waals surface area contributed by atoms with Crippen molar-refractivity contribution in [2.75, 3.05) is 46.3 Å². The van der Waals surface area contributed by atoms with Crippen molar-refractivity contribution < 1.29 is 19.1 Å². The number of carbonyl (C=O) groups excluding carboxylic acids is 2. The number of fused-ring (bicyclic) bond motifs is 2. The highest BCUT2D eigenvalue weighted by Gasteiger charge is 2.26. The number of ether oxygens (including phenoxy) is 2. The predicted molar refractivity (Wildman–Crippen MR) is 182 cm³/mol. The Kier molecular flexibility index (Phi) is 12.8. The highest BCUT2D eigenvalue weighted by Crippen LogP contribution is 2.37. The molecule has 1 unspecified atom stereocenters. The second-order valence-corrected chi connectivity index (χ2v) is 11.2. The maximum absolute atomic E-state index is 12.2. The van der Waals surface area contributed by atoms with Crippen molar-refractivity contribution in [3.8, 4) is 5.75 Å². The van der Waals surface area contributed by atoms with Gasteiger partial charge in [-0.3, -0.25) is 9.59 Å². The molecule has 0 aromatic heterocycles. The minimum Gasteiger partial charge on any atom is -0.497 e. The van der Waals surface area contributed by atoms with Crippen LogP contribution in [0.3, 0.4) is 0 Å². The molecule has 5 rings (SSSR count). The van der Waals surface area contributed by atoms with Crippen molar-refractivity contribution in [1.82, 2.24) is 4.90 Å². The van der Waals surface area contributed by atoms with Crippen molar-refractivity contribution in [3.63, 3.8) is 0 Å². The molecule has 0 saturated heterocycles. The maximum Gasteiger partial charge on any atom is 0.220 e. The molecule has 0 radical (unpaired) electrons. The molecule has 44 heavy (non-hydrogen) atoms. The predicted octanol–water partition coefficient (Wildman–Crippen LogP) is 7.52. The van der Waals surface area contributed by atoms with Crippen LogP contribution in [0.15, 0.2) is 103 Å². The third-order valence-corrected chi connectivity index (χ3v) is 7.85. The molecule has 0 amide bonds. The zero-order valence-electron chi connectivity index (χ0n) is 25.7. The summed E-state index contributed by atoms with van der Waals surface area (Å²) in [5, 5.41) is 0.816. The number of nitrogens with zero attached hydrogens (tertiary/aromatic N) is 2. The van der Waals surface area contributed by atoms with E-state index in [4.69, 9.17) is 21.1 Å². The van der Waals surface area contributed by atoms with Crippen LogP contribution in [0.1, 0.15) is 29.0 Å². The summed E-state index contributed by atoms with van der Waals surface area (Å²) in [7, 11) is 7.20. The maximum atomic E-state index is 12.2. The van der Waals surface area contributed by atoms with Gasteiger partial charge < -0.3 is 19.3 Å². The summed E-state index contributed by atoms with van der Waals surface area (Å²) in [5.41, 5.74) is 6.69. The third kappa shape index (κ3) is 8.41. The molecule has 232 valence electrons. The lowest BCUT2D eigenvalue weighted by molar-refractivity contribution is -0.117. The molecule has 1 aliphatic heterocycles. The molecule has 0 bridgehead atoms. The monoisotopic (exact) mass is 634 g/mol. The fourth-order valence-electron chi connectivity index (χ4n) is 5.38. The number of benzene rings is 3. The molecular formula is C36H40Cl2N2O4. The second kappa shape index (κ2) is 16.3. The Balaban J connectivity index is 0.000000235. The lowest BCUT2D eigenvalue weighted by Crippen LogP contribution is -2.24. The SMILES string of the molecule is C=CC(C1=CC(=O)C(OC)=CC1=O)c1ccc(OC)cc1.CN(C)CCCN1c2ccccc2CCc2ccc(Cl)cc21.Cl. The van der Waals surface area contributed by atoms with Gasteiger partial charge in [-0.15, -0.1) is 19.0 Å². The Bertz CT molecular complexity index is 1530. The van der Waals surface area contributed by atoms with E-state index in [1.807, 2.05) is 18.2 Å². The van der Waals surface area contributed by atoms with Crippen LogP contribution in [0, 0.1) is 0 Å². The molecule has 1 heterocycles. The molecule has 3 aromatic rings. The molecule has 0 N–H and O–H groups in total. The Morgan fingerprint density at radius 3 is 2.23 bits per heavy atom. The summed E-state index contributed by atoms with van der Waals surface area (Å²) in [4.78, 5) is 28.7. The Hall–Kier alpha value is -3.84. The first-order chi connectivity index (χ1) is 20.7. The minimum atomic E-state index is -0.345. The summed E-state index contributed by atoms with van der Waals surface area (Å²) in [6.07, 6.45) is 7.48. The molecule has 0 fully saturated rings. The van der Waals surface area contributed by atoms with Crippen LogP contribution < -0.4 is 9.64 Å². The molecule has 2 aliphatic rings. The number of ketones is 2. The quantitative estimate of drug-likeness (QED) is 0.179. The van der Waals surface area contributed by atoms with Crippen LogP contribution in [0.4, 0.5) is 11.4 Å². The van der Waals surface area contributed by atoms with Gasteiger partial charge >= 0.3 is 0 Å². The minimum absolute atomic E-state index is 0. The highest BCUT2D eigenvalue weighted by molar-refractivity contribution is 6.31. The third-order valence-electron chi connectivity index (χ3n) is 7.61. The molecule has 0 spiro atoms. The molecule has 6 nitrogen and oxygen atoms in total. The fourth-order valence-corrected chi connectivity index (χ4v) is 5.55. The Labute approximate surface area is 272 Å². The molecular weight excluding hydrogens is 595 g/mol. The van der Waals surface area contributed by atoms with Crippen molar-refractivity contribution >= 4 is 46.9 Å². The number of halogens is 2. The van der Waals surface area contributed by atoms with E-state index in [9.17, 15) is 9.59 Å². The molecule has 1 aliphatic carbocycles. The van der Waals surface area contributed by atoms with E-state index in [0.717, 1.165) is 48.7 Å². The van der Waals surface area contributed by atoms with Crippen molar-refractivity contribution in [2.45, 2.75) is 25.2 Å². The van der Waals surface area contributed by atoms with Gasteiger partial charge in [0.1, 0.15) is 5.75 Å². The van der Waals surface area contributed by atoms with Gasteiger partial charge in [0.25, 0.3) is 0 Å². The van der Waals surface area contributed by atoms with Gasteiger partial charge in [0.15, 0.2) is 11.5 Å². The number of methoxy groups -OCH3 is 2. The number of aryl methyl sites for hydroxylation is 2. The van der Waals surface area contributed by atoms with E-state index >= 15 is 0 Å². The molecule has 8 heteroatoms. The normalized spacial score (nSPS) is 14.5. The van der Waals surface area contributed by atoms with Crippen LogP contribution in [0.25, 0.3) is 0 Å². The van der Waals surface area contributed by atoms with Gasteiger partial charge in [-0.2, -0.15) is 0 Å². The smallest absolute Gasteiger partial charge is 0.220 e. The summed E-state index contributed by atoms with van der Waals surface area (Å²) >= 11 is 6.27. The average Bonchev–Trinajstić information content (AvgIpc) is 3.16. The van der Waals surface area contributed by atoms with E-state index in [0.29, 0.717) is 5.57 Å². The van der Waals surface area contributed by atoms with Gasteiger partial charge in [-0.1, -0.05) is 54.1 Å². The van der Waals surface area contributed by atoms with Gasteiger partial charge in [0.2, 0.25) is 5.78 Å². The number of para-hydroxylation sites is 1. The van der Waals surface area contributed by atoms with E-state index in [2.05, 4.69) is 66.9 Å². The van der Waals surface area contributed by atoms with Crippen molar-refractivity contribution in [2.24, 2.45) is 0 Å². The average molecular weight is 636 g/mol. The number of anilines is 2. The van der Waals surface area contributed by atoms with Crippen LogP contribution in [0.2, 0.25) is 5.02 Å². The first kappa shape index (κ1) is 34.6.